The Morgan fingerprint density at radius 1 is 1.22 bits per heavy atom. The van der Waals surface area contributed by atoms with E-state index in [4.69, 9.17) is 5.26 Å². The zero-order chi connectivity index (χ0) is 19.4. The van der Waals surface area contributed by atoms with E-state index in [0.29, 0.717) is 18.9 Å². The Morgan fingerprint density at radius 2 is 1.96 bits per heavy atom. The fourth-order valence-electron chi connectivity index (χ4n) is 2.86. The van der Waals surface area contributed by atoms with Crippen LogP contribution in [0.2, 0.25) is 0 Å². The van der Waals surface area contributed by atoms with Crippen molar-refractivity contribution in [1.82, 2.24) is 14.8 Å². The summed E-state index contributed by atoms with van der Waals surface area (Å²) in [5.74, 6) is 0.409. The van der Waals surface area contributed by atoms with Crippen LogP contribution in [0.5, 0.6) is 0 Å². The van der Waals surface area contributed by atoms with Crippen LogP contribution in [0.3, 0.4) is 0 Å². The largest absolute Gasteiger partial charge is 0.366 e. The summed E-state index contributed by atoms with van der Waals surface area (Å²) in [7, 11) is 0. The van der Waals surface area contributed by atoms with Crippen LogP contribution in [-0.2, 0) is 13.1 Å². The molecule has 2 aromatic heterocycles. The zero-order valence-electron chi connectivity index (χ0n) is 15.0. The van der Waals surface area contributed by atoms with Crippen molar-refractivity contribution in [2.45, 2.75) is 26.9 Å². The van der Waals surface area contributed by atoms with Crippen LogP contribution < -0.4 is 5.32 Å². The lowest BCUT2D eigenvalue weighted by Gasteiger charge is -2.08. The van der Waals surface area contributed by atoms with Gasteiger partial charge in [0, 0.05) is 23.9 Å². The van der Waals surface area contributed by atoms with Gasteiger partial charge in [-0.3, -0.25) is 14.8 Å². The molecule has 0 amide bonds. The molecule has 3 rings (SSSR count). The molecule has 8 heteroatoms. The van der Waals surface area contributed by atoms with Gasteiger partial charge >= 0.3 is 5.69 Å². The quantitative estimate of drug-likeness (QED) is 0.532. The second-order valence-electron chi connectivity index (χ2n) is 6.08. The highest BCUT2D eigenvalue weighted by Gasteiger charge is 2.16. The van der Waals surface area contributed by atoms with Gasteiger partial charge in [-0.25, -0.2) is 4.98 Å². The fraction of sp³-hybridized carbons (Fsp3) is 0.211. The van der Waals surface area contributed by atoms with Crippen LogP contribution in [-0.4, -0.2) is 19.7 Å². The number of pyridine rings is 1. The van der Waals surface area contributed by atoms with Crippen LogP contribution >= 0.6 is 0 Å². The molecule has 0 spiro atoms. The number of aromatic nitrogens is 3. The molecule has 0 atom stereocenters. The summed E-state index contributed by atoms with van der Waals surface area (Å²) in [6, 6.07) is 14.6. The van der Waals surface area contributed by atoms with E-state index < -0.39 is 4.92 Å². The molecule has 1 aromatic carbocycles. The number of nitro groups is 1. The Kier molecular flexibility index (Phi) is 5.13. The maximum absolute atomic E-state index is 10.9. The van der Waals surface area contributed by atoms with Crippen LogP contribution in [0.15, 0.2) is 42.5 Å². The second-order valence-corrected chi connectivity index (χ2v) is 6.08. The number of nitriles is 1. The van der Waals surface area contributed by atoms with Gasteiger partial charge in [-0.05, 0) is 25.5 Å². The van der Waals surface area contributed by atoms with Gasteiger partial charge in [0.05, 0.1) is 17.2 Å². The number of nitrogens with zero attached hydrogens (tertiary/aromatic N) is 5. The van der Waals surface area contributed by atoms with E-state index in [1.54, 1.807) is 6.07 Å². The topological polar surface area (TPSA) is 110 Å². The van der Waals surface area contributed by atoms with Crippen molar-refractivity contribution in [3.8, 4) is 6.07 Å². The lowest BCUT2D eigenvalue weighted by Crippen LogP contribution is -2.07. The molecule has 0 radical (unpaired) electrons. The van der Waals surface area contributed by atoms with Crippen molar-refractivity contribution in [3.63, 3.8) is 0 Å². The van der Waals surface area contributed by atoms with Gasteiger partial charge in [0.2, 0.25) is 5.69 Å². The summed E-state index contributed by atoms with van der Waals surface area (Å²) < 4.78 is 1.95. The van der Waals surface area contributed by atoms with Crippen molar-refractivity contribution in [2.75, 3.05) is 5.32 Å². The molecule has 0 bridgehead atoms. The van der Waals surface area contributed by atoms with Gasteiger partial charge in [0.25, 0.3) is 0 Å². The van der Waals surface area contributed by atoms with E-state index in [2.05, 4.69) is 27.5 Å². The second kappa shape index (κ2) is 7.66. The van der Waals surface area contributed by atoms with Crippen molar-refractivity contribution >= 4 is 11.5 Å². The third-order valence-corrected chi connectivity index (χ3v) is 4.33. The lowest BCUT2D eigenvalue weighted by atomic mass is 10.2. The van der Waals surface area contributed by atoms with Crippen molar-refractivity contribution in [1.29, 1.82) is 5.26 Å². The Morgan fingerprint density at radius 3 is 2.63 bits per heavy atom. The van der Waals surface area contributed by atoms with Gasteiger partial charge in [0.15, 0.2) is 0 Å². The molecule has 27 heavy (non-hydrogen) atoms. The summed E-state index contributed by atoms with van der Waals surface area (Å²) in [4.78, 5) is 14.3. The third kappa shape index (κ3) is 3.93. The van der Waals surface area contributed by atoms with E-state index in [9.17, 15) is 10.1 Å². The first-order valence-electron chi connectivity index (χ1n) is 8.36. The van der Waals surface area contributed by atoms with Crippen LogP contribution in [0, 0.1) is 35.3 Å². The molecule has 0 unspecified atom stereocenters. The standard InChI is InChI=1S/C19H18N6O2/c1-13-16(14(2)24(23-13)12-15-6-4-3-5-7-15)11-21-19-9-8-18(25(26)27)17(10-20)22-19/h3-9H,11-12H2,1-2H3,(H,21,22). The minimum atomic E-state index is -0.614. The molecule has 1 N–H and O–H groups in total. The monoisotopic (exact) mass is 362 g/mol. The minimum absolute atomic E-state index is 0.210. The summed E-state index contributed by atoms with van der Waals surface area (Å²) in [5, 5.41) is 27.7. The average Bonchev–Trinajstić information content (AvgIpc) is 2.93. The van der Waals surface area contributed by atoms with E-state index >= 15 is 0 Å². The number of nitrogens with one attached hydrogen (secondary N) is 1. The van der Waals surface area contributed by atoms with Gasteiger partial charge in [-0.1, -0.05) is 30.3 Å². The summed E-state index contributed by atoms with van der Waals surface area (Å²) in [5.41, 5.74) is 3.62. The Balaban J connectivity index is 1.77. The van der Waals surface area contributed by atoms with E-state index in [1.165, 1.54) is 17.7 Å². The molecule has 0 fully saturated rings. The highest BCUT2D eigenvalue weighted by Crippen LogP contribution is 2.20. The first-order valence-corrected chi connectivity index (χ1v) is 8.36. The molecule has 136 valence electrons. The molecule has 0 aliphatic carbocycles. The predicted octanol–water partition coefficient (Wildman–Crippen LogP) is 3.34. The first kappa shape index (κ1) is 18.1. The molecule has 2 heterocycles. The molecular weight excluding hydrogens is 344 g/mol. The maximum Gasteiger partial charge on any atom is 0.305 e. The summed E-state index contributed by atoms with van der Waals surface area (Å²) in [6.07, 6.45) is 0. The third-order valence-electron chi connectivity index (χ3n) is 4.33. The zero-order valence-corrected chi connectivity index (χ0v) is 15.0. The van der Waals surface area contributed by atoms with Crippen LogP contribution in [0.4, 0.5) is 11.5 Å². The van der Waals surface area contributed by atoms with Gasteiger partial charge in [-0.2, -0.15) is 10.4 Å². The van der Waals surface area contributed by atoms with E-state index in [1.807, 2.05) is 36.7 Å². The smallest absolute Gasteiger partial charge is 0.305 e. The van der Waals surface area contributed by atoms with Gasteiger partial charge in [-0.15, -0.1) is 0 Å². The number of rotatable bonds is 6. The van der Waals surface area contributed by atoms with Crippen molar-refractivity contribution < 1.29 is 4.92 Å². The van der Waals surface area contributed by atoms with Gasteiger partial charge in [0.1, 0.15) is 11.9 Å². The Hall–Kier alpha value is -3.73. The molecule has 0 saturated heterocycles. The number of hydrogen-bond donors (Lipinski definition) is 1. The van der Waals surface area contributed by atoms with E-state index in [-0.39, 0.29) is 11.4 Å². The van der Waals surface area contributed by atoms with E-state index in [0.717, 1.165) is 17.0 Å². The van der Waals surface area contributed by atoms with Crippen LogP contribution in [0.1, 0.15) is 28.2 Å². The first-order chi connectivity index (χ1) is 13.0. The molecular formula is C19H18N6O2. The SMILES string of the molecule is Cc1nn(Cc2ccccc2)c(C)c1CNc1ccc([N+](=O)[O-])c(C#N)n1. The average molecular weight is 362 g/mol. The number of anilines is 1. The van der Waals surface area contributed by atoms with Crippen LogP contribution in [0.25, 0.3) is 0 Å². The highest BCUT2D eigenvalue weighted by atomic mass is 16.6. The van der Waals surface area contributed by atoms with Gasteiger partial charge < -0.3 is 5.32 Å². The minimum Gasteiger partial charge on any atom is -0.366 e. The molecule has 0 saturated carbocycles. The molecule has 3 aromatic rings. The normalized spacial score (nSPS) is 10.4. The Labute approximate surface area is 156 Å². The number of aryl methyl sites for hydroxylation is 1. The summed E-state index contributed by atoms with van der Waals surface area (Å²) >= 11 is 0. The lowest BCUT2D eigenvalue weighted by molar-refractivity contribution is -0.385. The summed E-state index contributed by atoms with van der Waals surface area (Å²) in [6.45, 7) is 5.09. The molecule has 0 aliphatic rings. The molecule has 0 aliphatic heterocycles. The molecule has 8 nitrogen and oxygen atoms in total. The van der Waals surface area contributed by atoms with Crippen molar-refractivity contribution in [2.24, 2.45) is 0 Å². The fourth-order valence-corrected chi connectivity index (χ4v) is 2.86. The van der Waals surface area contributed by atoms with Crippen molar-refractivity contribution in [3.05, 3.63) is 80.8 Å². The number of hydrogen-bond acceptors (Lipinski definition) is 6. The highest BCUT2D eigenvalue weighted by molar-refractivity contribution is 5.50. The predicted molar refractivity (Wildman–Crippen MR) is 100 cm³/mol. The maximum atomic E-state index is 10.9. The number of benzene rings is 1. The Bertz CT molecular complexity index is 1020.